The van der Waals surface area contributed by atoms with Crippen molar-refractivity contribution in [2.24, 2.45) is 5.92 Å². The SMILES string of the molecule is CCCCN1C[C@H](C(=O)Nc2ccc(C(=O)Nc3c(C)cc(C)cc3C)cc2)CC1=O. The Morgan fingerprint density at radius 1 is 1.03 bits per heavy atom. The Balaban J connectivity index is 1.60. The van der Waals surface area contributed by atoms with Crippen LogP contribution in [0.4, 0.5) is 11.4 Å². The summed E-state index contributed by atoms with van der Waals surface area (Å²) in [5, 5.41) is 5.86. The number of nitrogens with one attached hydrogen (secondary N) is 2. The molecular formula is C25H31N3O3. The number of likely N-dealkylation sites (tertiary alicyclic amines) is 1. The summed E-state index contributed by atoms with van der Waals surface area (Å²) >= 11 is 0. The summed E-state index contributed by atoms with van der Waals surface area (Å²) in [6.07, 6.45) is 2.22. The fraction of sp³-hybridized carbons (Fsp3) is 0.400. The second kappa shape index (κ2) is 9.77. The minimum Gasteiger partial charge on any atom is -0.342 e. The van der Waals surface area contributed by atoms with Gasteiger partial charge in [-0.15, -0.1) is 0 Å². The van der Waals surface area contributed by atoms with Gasteiger partial charge in [-0.25, -0.2) is 0 Å². The molecule has 1 atom stereocenters. The van der Waals surface area contributed by atoms with Crippen LogP contribution in [0.3, 0.4) is 0 Å². The van der Waals surface area contributed by atoms with Crippen LogP contribution in [0.2, 0.25) is 0 Å². The quantitative estimate of drug-likeness (QED) is 0.693. The molecule has 2 N–H and O–H groups in total. The third-order valence-electron chi connectivity index (χ3n) is 5.70. The molecule has 1 aliphatic rings. The predicted octanol–water partition coefficient (Wildman–Crippen LogP) is 4.45. The molecule has 1 saturated heterocycles. The molecule has 31 heavy (non-hydrogen) atoms. The number of rotatable bonds is 7. The summed E-state index contributed by atoms with van der Waals surface area (Å²) in [4.78, 5) is 39.1. The van der Waals surface area contributed by atoms with Crippen LogP contribution in [0.25, 0.3) is 0 Å². The Morgan fingerprint density at radius 3 is 2.29 bits per heavy atom. The molecule has 0 saturated carbocycles. The topological polar surface area (TPSA) is 78.5 Å². The van der Waals surface area contributed by atoms with E-state index in [4.69, 9.17) is 0 Å². The lowest BCUT2D eigenvalue weighted by Gasteiger charge is -2.16. The number of amides is 3. The van der Waals surface area contributed by atoms with E-state index in [1.165, 1.54) is 0 Å². The van der Waals surface area contributed by atoms with Crippen molar-refractivity contribution in [1.82, 2.24) is 4.90 Å². The number of hydrogen-bond acceptors (Lipinski definition) is 3. The van der Waals surface area contributed by atoms with Crippen LogP contribution < -0.4 is 10.6 Å². The van der Waals surface area contributed by atoms with Crippen molar-refractivity contribution in [3.8, 4) is 0 Å². The van der Waals surface area contributed by atoms with Gasteiger partial charge in [0.05, 0.1) is 5.92 Å². The Bertz CT molecular complexity index is 959. The first-order valence-electron chi connectivity index (χ1n) is 10.9. The normalized spacial score (nSPS) is 15.8. The molecule has 0 aromatic heterocycles. The fourth-order valence-electron chi connectivity index (χ4n) is 4.02. The van der Waals surface area contributed by atoms with Gasteiger partial charge in [0.15, 0.2) is 0 Å². The average Bonchev–Trinajstić information content (AvgIpc) is 3.10. The number of carbonyl (C=O) groups is 3. The Kier molecular flexibility index (Phi) is 7.10. The molecule has 6 nitrogen and oxygen atoms in total. The molecule has 0 bridgehead atoms. The van der Waals surface area contributed by atoms with Crippen molar-refractivity contribution >= 4 is 29.1 Å². The van der Waals surface area contributed by atoms with Gasteiger partial charge >= 0.3 is 0 Å². The van der Waals surface area contributed by atoms with Crippen molar-refractivity contribution in [1.29, 1.82) is 0 Å². The third-order valence-corrected chi connectivity index (χ3v) is 5.70. The van der Waals surface area contributed by atoms with E-state index in [-0.39, 0.29) is 30.1 Å². The Morgan fingerprint density at radius 2 is 1.68 bits per heavy atom. The number of anilines is 2. The lowest BCUT2D eigenvalue weighted by atomic mass is 10.0. The minimum absolute atomic E-state index is 0.0438. The van der Waals surface area contributed by atoms with Crippen molar-refractivity contribution in [3.63, 3.8) is 0 Å². The molecule has 0 unspecified atom stereocenters. The van der Waals surface area contributed by atoms with Crippen molar-refractivity contribution in [3.05, 3.63) is 58.7 Å². The van der Waals surface area contributed by atoms with Gasteiger partial charge in [-0.3, -0.25) is 14.4 Å². The zero-order valence-corrected chi connectivity index (χ0v) is 18.7. The summed E-state index contributed by atoms with van der Waals surface area (Å²) in [6.45, 7) is 9.25. The van der Waals surface area contributed by atoms with Crippen LogP contribution in [-0.2, 0) is 9.59 Å². The second-order valence-electron chi connectivity index (χ2n) is 8.39. The first-order valence-corrected chi connectivity index (χ1v) is 10.9. The molecule has 0 spiro atoms. The molecule has 1 fully saturated rings. The van der Waals surface area contributed by atoms with E-state index in [2.05, 4.69) is 17.6 Å². The van der Waals surface area contributed by atoms with Gasteiger partial charge in [-0.1, -0.05) is 31.0 Å². The van der Waals surface area contributed by atoms with E-state index >= 15 is 0 Å². The number of carbonyl (C=O) groups excluding carboxylic acids is 3. The number of hydrogen-bond donors (Lipinski definition) is 2. The van der Waals surface area contributed by atoms with Gasteiger partial charge in [0.2, 0.25) is 11.8 Å². The van der Waals surface area contributed by atoms with E-state index in [9.17, 15) is 14.4 Å². The van der Waals surface area contributed by atoms with Gasteiger partial charge in [0, 0.05) is 36.4 Å². The van der Waals surface area contributed by atoms with E-state index in [0.29, 0.717) is 24.3 Å². The number of benzene rings is 2. The maximum atomic E-state index is 12.7. The molecule has 6 heteroatoms. The van der Waals surface area contributed by atoms with Crippen LogP contribution in [0.1, 0.15) is 53.2 Å². The summed E-state index contributed by atoms with van der Waals surface area (Å²) < 4.78 is 0. The molecule has 164 valence electrons. The standard InChI is InChI=1S/C25H31N3O3/c1-5-6-11-28-15-20(14-22(28)29)25(31)26-21-9-7-19(8-10-21)24(30)27-23-17(3)12-16(2)13-18(23)4/h7-10,12-13,20H,5-6,11,14-15H2,1-4H3,(H,26,31)(H,27,30)/t20-/m1/s1. The van der Waals surface area contributed by atoms with Gasteiger partial charge < -0.3 is 15.5 Å². The zero-order valence-electron chi connectivity index (χ0n) is 18.7. The number of nitrogens with zero attached hydrogens (tertiary/aromatic N) is 1. The lowest BCUT2D eigenvalue weighted by molar-refractivity contribution is -0.128. The summed E-state index contributed by atoms with van der Waals surface area (Å²) in [5.74, 6) is -0.640. The van der Waals surface area contributed by atoms with Crippen LogP contribution in [0.15, 0.2) is 36.4 Å². The van der Waals surface area contributed by atoms with E-state index in [1.54, 1.807) is 29.2 Å². The number of aryl methyl sites for hydroxylation is 3. The van der Waals surface area contributed by atoms with Gasteiger partial charge in [0.1, 0.15) is 0 Å². The number of unbranched alkanes of at least 4 members (excludes halogenated alkanes) is 1. The molecule has 0 radical (unpaired) electrons. The first-order chi connectivity index (χ1) is 14.8. The Hall–Kier alpha value is -3.15. The fourth-order valence-corrected chi connectivity index (χ4v) is 4.02. The van der Waals surface area contributed by atoms with E-state index < -0.39 is 0 Å². The largest absolute Gasteiger partial charge is 0.342 e. The molecule has 0 aliphatic carbocycles. The maximum Gasteiger partial charge on any atom is 0.255 e. The molecule has 2 aromatic rings. The van der Waals surface area contributed by atoms with Gasteiger partial charge in [-0.05, 0) is 62.6 Å². The second-order valence-corrected chi connectivity index (χ2v) is 8.39. The average molecular weight is 422 g/mol. The van der Waals surface area contributed by atoms with Crippen molar-refractivity contribution in [2.45, 2.75) is 47.0 Å². The summed E-state index contributed by atoms with van der Waals surface area (Å²) in [6, 6.07) is 10.9. The van der Waals surface area contributed by atoms with Crippen LogP contribution in [-0.4, -0.2) is 35.7 Å². The van der Waals surface area contributed by atoms with E-state index in [1.807, 2.05) is 32.9 Å². The molecule has 1 heterocycles. The smallest absolute Gasteiger partial charge is 0.255 e. The molecular weight excluding hydrogens is 390 g/mol. The minimum atomic E-state index is -0.334. The van der Waals surface area contributed by atoms with Gasteiger partial charge in [0.25, 0.3) is 5.91 Å². The molecule has 3 amide bonds. The van der Waals surface area contributed by atoms with Crippen molar-refractivity contribution < 1.29 is 14.4 Å². The van der Waals surface area contributed by atoms with Crippen LogP contribution in [0, 0.1) is 26.7 Å². The maximum absolute atomic E-state index is 12.7. The molecule has 1 aliphatic heterocycles. The summed E-state index contributed by atoms with van der Waals surface area (Å²) in [5.41, 5.74) is 5.16. The Labute approximate surface area is 184 Å². The predicted molar refractivity (Wildman–Crippen MR) is 123 cm³/mol. The van der Waals surface area contributed by atoms with Gasteiger partial charge in [-0.2, -0.15) is 0 Å². The monoisotopic (exact) mass is 421 g/mol. The highest BCUT2D eigenvalue weighted by molar-refractivity contribution is 6.05. The highest BCUT2D eigenvalue weighted by Gasteiger charge is 2.33. The molecule has 2 aromatic carbocycles. The first kappa shape index (κ1) is 22.5. The molecule has 3 rings (SSSR count). The van der Waals surface area contributed by atoms with Crippen LogP contribution >= 0.6 is 0 Å². The highest BCUT2D eigenvalue weighted by atomic mass is 16.2. The van der Waals surface area contributed by atoms with Crippen molar-refractivity contribution in [2.75, 3.05) is 23.7 Å². The lowest BCUT2D eigenvalue weighted by Crippen LogP contribution is -2.29. The summed E-state index contributed by atoms with van der Waals surface area (Å²) in [7, 11) is 0. The van der Waals surface area contributed by atoms with E-state index in [0.717, 1.165) is 35.2 Å². The highest BCUT2D eigenvalue weighted by Crippen LogP contribution is 2.24. The van der Waals surface area contributed by atoms with Crippen LogP contribution in [0.5, 0.6) is 0 Å². The zero-order chi connectivity index (χ0) is 22.5. The third kappa shape index (κ3) is 5.51.